The molecule has 3 rings (SSSR count). The molecule has 2 heterocycles. The number of amides is 1. The van der Waals surface area contributed by atoms with E-state index >= 15 is 0 Å². The molecule has 1 saturated heterocycles. The van der Waals surface area contributed by atoms with Gasteiger partial charge in [-0.2, -0.15) is 0 Å². The van der Waals surface area contributed by atoms with Crippen LogP contribution in [0.25, 0.3) is 0 Å². The van der Waals surface area contributed by atoms with Gasteiger partial charge >= 0.3 is 0 Å². The standard InChI is InChI=1S/C17H23N5O/c23-17(7-10-22-13-18-19-14-22)20-16-6-4-5-15(11-16)12-21-8-2-1-3-9-21/h4-6,11,13-14H,1-3,7-10,12H2,(H,20,23). The summed E-state index contributed by atoms with van der Waals surface area (Å²) in [5.41, 5.74) is 2.12. The Morgan fingerprint density at radius 1 is 1.13 bits per heavy atom. The molecule has 1 aliphatic heterocycles. The number of aryl methyl sites for hydroxylation is 1. The molecular weight excluding hydrogens is 290 g/mol. The van der Waals surface area contributed by atoms with Crippen molar-refractivity contribution in [2.75, 3.05) is 18.4 Å². The van der Waals surface area contributed by atoms with Crippen molar-refractivity contribution in [2.45, 2.75) is 38.8 Å². The van der Waals surface area contributed by atoms with E-state index in [0.29, 0.717) is 13.0 Å². The molecule has 0 atom stereocenters. The van der Waals surface area contributed by atoms with Gasteiger partial charge in [0.2, 0.25) is 5.91 Å². The number of hydrogen-bond acceptors (Lipinski definition) is 4. The second-order valence-corrected chi connectivity index (χ2v) is 6.04. The minimum atomic E-state index is 0.00817. The van der Waals surface area contributed by atoms with Gasteiger partial charge in [-0.05, 0) is 43.6 Å². The van der Waals surface area contributed by atoms with Crippen molar-refractivity contribution in [1.29, 1.82) is 0 Å². The fourth-order valence-electron chi connectivity index (χ4n) is 2.91. The number of rotatable bonds is 6. The molecule has 122 valence electrons. The molecule has 1 amide bonds. The van der Waals surface area contributed by atoms with Crippen molar-refractivity contribution in [2.24, 2.45) is 0 Å². The summed E-state index contributed by atoms with van der Waals surface area (Å²) in [5, 5.41) is 10.4. The Balaban J connectivity index is 1.51. The number of anilines is 1. The van der Waals surface area contributed by atoms with Crippen molar-refractivity contribution in [3.05, 3.63) is 42.5 Å². The zero-order chi connectivity index (χ0) is 15.9. The van der Waals surface area contributed by atoms with Crippen LogP contribution in [-0.2, 0) is 17.9 Å². The van der Waals surface area contributed by atoms with E-state index in [1.165, 1.54) is 37.9 Å². The number of aromatic nitrogens is 3. The lowest BCUT2D eigenvalue weighted by Crippen LogP contribution is -2.29. The van der Waals surface area contributed by atoms with Gasteiger partial charge in [-0.1, -0.05) is 18.6 Å². The van der Waals surface area contributed by atoms with Gasteiger partial charge in [0, 0.05) is 25.2 Å². The highest BCUT2D eigenvalue weighted by Crippen LogP contribution is 2.16. The zero-order valence-corrected chi connectivity index (χ0v) is 13.3. The largest absolute Gasteiger partial charge is 0.326 e. The molecule has 1 fully saturated rings. The Morgan fingerprint density at radius 3 is 2.70 bits per heavy atom. The highest BCUT2D eigenvalue weighted by Gasteiger charge is 2.11. The topological polar surface area (TPSA) is 63.1 Å². The number of nitrogens with one attached hydrogen (secondary N) is 1. The maximum absolute atomic E-state index is 12.0. The van der Waals surface area contributed by atoms with Crippen molar-refractivity contribution in [3.8, 4) is 0 Å². The number of carbonyl (C=O) groups excluding carboxylic acids is 1. The first-order chi connectivity index (χ1) is 11.3. The van der Waals surface area contributed by atoms with Crippen molar-refractivity contribution >= 4 is 11.6 Å². The van der Waals surface area contributed by atoms with Gasteiger partial charge in [-0.15, -0.1) is 10.2 Å². The van der Waals surface area contributed by atoms with Crippen LogP contribution in [0, 0.1) is 0 Å². The summed E-state index contributed by atoms with van der Waals surface area (Å²) in [5.74, 6) is 0.00817. The Kier molecular flexibility index (Phi) is 5.37. The van der Waals surface area contributed by atoms with E-state index < -0.39 is 0 Å². The summed E-state index contributed by atoms with van der Waals surface area (Å²) in [4.78, 5) is 14.5. The van der Waals surface area contributed by atoms with Crippen LogP contribution in [0.5, 0.6) is 0 Å². The molecule has 0 unspecified atom stereocenters. The van der Waals surface area contributed by atoms with Crippen molar-refractivity contribution in [1.82, 2.24) is 19.7 Å². The van der Waals surface area contributed by atoms with E-state index in [9.17, 15) is 4.79 Å². The van der Waals surface area contributed by atoms with Crippen LogP contribution in [0.2, 0.25) is 0 Å². The molecule has 0 radical (unpaired) electrons. The van der Waals surface area contributed by atoms with Crippen LogP contribution in [0.4, 0.5) is 5.69 Å². The zero-order valence-electron chi connectivity index (χ0n) is 13.3. The predicted octanol–water partition coefficient (Wildman–Crippen LogP) is 2.29. The molecular formula is C17H23N5O. The van der Waals surface area contributed by atoms with Crippen LogP contribution in [0.1, 0.15) is 31.2 Å². The minimum Gasteiger partial charge on any atom is -0.326 e. The number of benzene rings is 1. The number of nitrogens with zero attached hydrogens (tertiary/aromatic N) is 4. The predicted molar refractivity (Wildman–Crippen MR) is 88.8 cm³/mol. The Labute approximate surface area is 136 Å². The summed E-state index contributed by atoms with van der Waals surface area (Å²) in [6.07, 6.45) is 7.57. The van der Waals surface area contributed by atoms with Crippen molar-refractivity contribution in [3.63, 3.8) is 0 Å². The van der Waals surface area contributed by atoms with Gasteiger partial charge < -0.3 is 9.88 Å². The lowest BCUT2D eigenvalue weighted by molar-refractivity contribution is -0.116. The second-order valence-electron chi connectivity index (χ2n) is 6.04. The molecule has 6 nitrogen and oxygen atoms in total. The summed E-state index contributed by atoms with van der Waals surface area (Å²) in [7, 11) is 0. The quantitative estimate of drug-likeness (QED) is 0.889. The van der Waals surface area contributed by atoms with Gasteiger partial charge in [-0.25, -0.2) is 0 Å². The lowest BCUT2D eigenvalue weighted by Gasteiger charge is -2.26. The summed E-state index contributed by atoms with van der Waals surface area (Å²) < 4.78 is 1.80. The molecule has 1 aromatic heterocycles. The molecule has 0 saturated carbocycles. The van der Waals surface area contributed by atoms with Gasteiger partial charge in [0.15, 0.2) is 0 Å². The molecule has 23 heavy (non-hydrogen) atoms. The highest BCUT2D eigenvalue weighted by molar-refractivity contribution is 5.90. The Hall–Kier alpha value is -2.21. The third kappa shape index (κ3) is 4.89. The first kappa shape index (κ1) is 15.7. The number of likely N-dealkylation sites (tertiary alicyclic amines) is 1. The molecule has 1 N–H and O–H groups in total. The second kappa shape index (κ2) is 7.87. The van der Waals surface area contributed by atoms with E-state index in [4.69, 9.17) is 0 Å². The van der Waals surface area contributed by atoms with E-state index in [1.807, 2.05) is 12.1 Å². The van der Waals surface area contributed by atoms with E-state index in [0.717, 1.165) is 12.2 Å². The van der Waals surface area contributed by atoms with Crippen LogP contribution in [0.3, 0.4) is 0 Å². The van der Waals surface area contributed by atoms with E-state index in [1.54, 1.807) is 17.2 Å². The van der Waals surface area contributed by atoms with E-state index in [2.05, 4.69) is 32.5 Å². The molecule has 2 aromatic rings. The Bertz CT molecular complexity index is 620. The normalized spacial score (nSPS) is 15.5. The van der Waals surface area contributed by atoms with E-state index in [-0.39, 0.29) is 5.91 Å². The third-order valence-electron chi connectivity index (χ3n) is 4.13. The van der Waals surface area contributed by atoms with Gasteiger partial charge in [-0.3, -0.25) is 9.69 Å². The molecule has 1 aromatic carbocycles. The van der Waals surface area contributed by atoms with Crippen LogP contribution in [0.15, 0.2) is 36.9 Å². The summed E-state index contributed by atoms with van der Waals surface area (Å²) in [6.45, 7) is 3.90. The van der Waals surface area contributed by atoms with Crippen LogP contribution >= 0.6 is 0 Å². The maximum atomic E-state index is 12.0. The molecule has 0 aliphatic carbocycles. The average Bonchev–Trinajstić information content (AvgIpc) is 3.08. The number of hydrogen-bond donors (Lipinski definition) is 1. The Morgan fingerprint density at radius 2 is 1.91 bits per heavy atom. The van der Waals surface area contributed by atoms with Gasteiger partial charge in [0.05, 0.1) is 0 Å². The van der Waals surface area contributed by atoms with Crippen LogP contribution < -0.4 is 5.32 Å². The SMILES string of the molecule is O=C(CCn1cnnc1)Nc1cccc(CN2CCCCC2)c1. The molecule has 1 aliphatic rings. The maximum Gasteiger partial charge on any atom is 0.226 e. The fourth-order valence-corrected chi connectivity index (χ4v) is 2.91. The number of carbonyl (C=O) groups is 1. The van der Waals surface area contributed by atoms with Gasteiger partial charge in [0.1, 0.15) is 12.7 Å². The average molecular weight is 313 g/mol. The highest BCUT2D eigenvalue weighted by atomic mass is 16.1. The smallest absolute Gasteiger partial charge is 0.226 e. The van der Waals surface area contributed by atoms with Crippen molar-refractivity contribution < 1.29 is 4.79 Å². The summed E-state index contributed by atoms with van der Waals surface area (Å²) in [6, 6.07) is 8.15. The molecule has 0 bridgehead atoms. The summed E-state index contributed by atoms with van der Waals surface area (Å²) >= 11 is 0. The lowest BCUT2D eigenvalue weighted by atomic mass is 10.1. The molecule has 6 heteroatoms. The van der Waals surface area contributed by atoms with Gasteiger partial charge in [0.25, 0.3) is 0 Å². The first-order valence-electron chi connectivity index (χ1n) is 8.23. The fraction of sp³-hybridized carbons (Fsp3) is 0.471. The third-order valence-corrected chi connectivity index (χ3v) is 4.13. The first-order valence-corrected chi connectivity index (χ1v) is 8.23. The molecule has 0 spiro atoms. The number of piperidine rings is 1. The minimum absolute atomic E-state index is 0.00817. The van der Waals surface area contributed by atoms with Crippen LogP contribution in [-0.4, -0.2) is 38.7 Å². The monoisotopic (exact) mass is 313 g/mol.